The third-order valence-electron chi connectivity index (χ3n) is 3.98. The van der Waals surface area contributed by atoms with Gasteiger partial charge in [-0.25, -0.2) is 0 Å². The first-order chi connectivity index (χ1) is 7.58. The molecular formula is C15H20S. The van der Waals surface area contributed by atoms with E-state index in [4.69, 9.17) is 0 Å². The third kappa shape index (κ3) is 1.69. The summed E-state index contributed by atoms with van der Waals surface area (Å²) in [6.45, 7) is 7.06. The first-order valence-corrected chi connectivity index (χ1v) is 7.34. The molecular weight excluding hydrogens is 212 g/mol. The molecule has 2 aliphatic rings. The van der Waals surface area contributed by atoms with Crippen molar-refractivity contribution in [2.75, 3.05) is 5.75 Å². The van der Waals surface area contributed by atoms with Gasteiger partial charge >= 0.3 is 0 Å². The van der Waals surface area contributed by atoms with Crippen LogP contribution < -0.4 is 0 Å². The molecule has 1 heteroatoms. The summed E-state index contributed by atoms with van der Waals surface area (Å²) in [7, 11) is 0. The molecule has 1 heterocycles. The summed E-state index contributed by atoms with van der Waals surface area (Å²) in [6, 6.07) is 4.86. The molecule has 3 rings (SSSR count). The Hall–Kier alpha value is -0.430. The van der Waals surface area contributed by atoms with Crippen LogP contribution in [-0.4, -0.2) is 5.75 Å². The highest BCUT2D eigenvalue weighted by Crippen LogP contribution is 2.50. The minimum Gasteiger partial charge on any atom is -0.126 e. The number of aryl methyl sites for hydroxylation is 1. The van der Waals surface area contributed by atoms with Crippen LogP contribution in [0.4, 0.5) is 0 Å². The Balaban J connectivity index is 2.18. The summed E-state index contributed by atoms with van der Waals surface area (Å²) in [4.78, 5) is 1.63. The van der Waals surface area contributed by atoms with Crippen molar-refractivity contribution in [3.05, 3.63) is 28.8 Å². The summed E-state index contributed by atoms with van der Waals surface area (Å²) >= 11 is 2.09. The van der Waals surface area contributed by atoms with Crippen molar-refractivity contribution in [1.82, 2.24) is 0 Å². The van der Waals surface area contributed by atoms with Gasteiger partial charge in [0, 0.05) is 4.90 Å². The van der Waals surface area contributed by atoms with E-state index >= 15 is 0 Å². The lowest BCUT2D eigenvalue weighted by atomic mass is 9.80. The summed E-state index contributed by atoms with van der Waals surface area (Å²) in [5.41, 5.74) is 5.12. The molecule has 0 spiro atoms. The summed E-state index contributed by atoms with van der Waals surface area (Å²) in [5, 5.41) is 0. The van der Waals surface area contributed by atoms with Crippen molar-refractivity contribution in [3.8, 4) is 0 Å². The molecule has 0 unspecified atom stereocenters. The van der Waals surface area contributed by atoms with Crippen LogP contribution in [0.1, 0.15) is 55.7 Å². The minimum atomic E-state index is 0.385. The lowest BCUT2D eigenvalue weighted by molar-refractivity contribution is 0.492. The molecule has 0 atom stereocenters. The quantitative estimate of drug-likeness (QED) is 0.679. The molecule has 1 aliphatic carbocycles. The van der Waals surface area contributed by atoms with Crippen LogP contribution in [0.3, 0.4) is 0 Å². The number of fused-ring (bicyclic) bond motifs is 1. The Kier molecular flexibility index (Phi) is 2.36. The minimum absolute atomic E-state index is 0.385. The lowest BCUT2D eigenvalue weighted by Crippen LogP contribution is -2.23. The first-order valence-electron chi connectivity index (χ1n) is 6.36. The second kappa shape index (κ2) is 3.53. The molecule has 0 saturated heterocycles. The number of benzene rings is 1. The number of hydrogen-bond acceptors (Lipinski definition) is 1. The maximum absolute atomic E-state index is 2.44. The summed E-state index contributed by atoms with van der Waals surface area (Å²) in [6.07, 6.45) is 4.14. The third-order valence-corrected chi connectivity index (χ3v) is 5.13. The SMILES string of the molecule is Cc1cc(C2CC2)c2c(c1)C(C)(C)CCS2. The molecule has 0 amide bonds. The van der Waals surface area contributed by atoms with Crippen molar-refractivity contribution >= 4 is 11.8 Å². The Morgan fingerprint density at radius 2 is 2.00 bits per heavy atom. The van der Waals surface area contributed by atoms with Crippen molar-refractivity contribution in [3.63, 3.8) is 0 Å². The molecule has 0 radical (unpaired) electrons. The van der Waals surface area contributed by atoms with Crippen LogP contribution >= 0.6 is 11.8 Å². The van der Waals surface area contributed by atoms with E-state index in [1.165, 1.54) is 30.6 Å². The molecule has 1 saturated carbocycles. The Bertz CT molecular complexity index is 427. The molecule has 0 nitrogen and oxygen atoms in total. The molecule has 1 fully saturated rings. The van der Waals surface area contributed by atoms with Gasteiger partial charge in [0.1, 0.15) is 0 Å². The second-order valence-electron chi connectivity index (χ2n) is 5.99. The Morgan fingerprint density at radius 3 is 2.69 bits per heavy atom. The zero-order valence-corrected chi connectivity index (χ0v) is 11.3. The molecule has 0 aromatic heterocycles. The van der Waals surface area contributed by atoms with Crippen LogP contribution in [0, 0.1) is 6.92 Å². The fourth-order valence-corrected chi connectivity index (χ4v) is 4.40. The highest BCUT2D eigenvalue weighted by atomic mass is 32.2. The van der Waals surface area contributed by atoms with Crippen molar-refractivity contribution < 1.29 is 0 Å². The van der Waals surface area contributed by atoms with Crippen LogP contribution in [0.25, 0.3) is 0 Å². The maximum atomic E-state index is 2.44. The van der Waals surface area contributed by atoms with E-state index in [0.29, 0.717) is 5.41 Å². The largest absolute Gasteiger partial charge is 0.126 e. The topological polar surface area (TPSA) is 0 Å². The zero-order valence-electron chi connectivity index (χ0n) is 10.5. The molecule has 86 valence electrons. The van der Waals surface area contributed by atoms with Crippen molar-refractivity contribution in [1.29, 1.82) is 0 Å². The standard InChI is InChI=1S/C15H20S/c1-10-8-12(11-4-5-11)14-13(9-10)15(2,3)6-7-16-14/h8-9,11H,4-7H2,1-3H3. The van der Waals surface area contributed by atoms with Crippen LogP contribution in [0.15, 0.2) is 17.0 Å². The van der Waals surface area contributed by atoms with E-state index in [1.54, 1.807) is 16.0 Å². The van der Waals surface area contributed by atoms with Gasteiger partial charge in [-0.2, -0.15) is 0 Å². The smallest absolute Gasteiger partial charge is 0.0144 e. The Morgan fingerprint density at radius 1 is 1.25 bits per heavy atom. The highest BCUT2D eigenvalue weighted by Gasteiger charge is 2.34. The van der Waals surface area contributed by atoms with E-state index < -0.39 is 0 Å². The van der Waals surface area contributed by atoms with Gasteiger partial charge < -0.3 is 0 Å². The molecule has 0 bridgehead atoms. The van der Waals surface area contributed by atoms with E-state index in [9.17, 15) is 0 Å². The van der Waals surface area contributed by atoms with E-state index in [-0.39, 0.29) is 0 Å². The molecule has 0 N–H and O–H groups in total. The van der Waals surface area contributed by atoms with Gasteiger partial charge in [0.2, 0.25) is 0 Å². The van der Waals surface area contributed by atoms with E-state index in [1.807, 2.05) is 0 Å². The predicted octanol–water partition coefficient (Wildman–Crippen LogP) is 4.65. The van der Waals surface area contributed by atoms with Gasteiger partial charge in [0.15, 0.2) is 0 Å². The fraction of sp³-hybridized carbons (Fsp3) is 0.600. The molecule has 1 aliphatic heterocycles. The number of thioether (sulfide) groups is 1. The van der Waals surface area contributed by atoms with Crippen LogP contribution in [0.2, 0.25) is 0 Å². The average Bonchev–Trinajstić information content (AvgIpc) is 3.01. The van der Waals surface area contributed by atoms with Gasteiger partial charge in [-0.1, -0.05) is 31.5 Å². The number of hydrogen-bond donors (Lipinski definition) is 0. The monoisotopic (exact) mass is 232 g/mol. The van der Waals surface area contributed by atoms with Crippen LogP contribution in [-0.2, 0) is 5.41 Å². The van der Waals surface area contributed by atoms with Gasteiger partial charge in [-0.15, -0.1) is 11.8 Å². The number of rotatable bonds is 1. The summed E-state index contributed by atoms with van der Waals surface area (Å²) in [5.74, 6) is 2.18. The fourth-order valence-electron chi connectivity index (χ4n) is 2.71. The highest BCUT2D eigenvalue weighted by molar-refractivity contribution is 7.99. The summed E-state index contributed by atoms with van der Waals surface area (Å²) < 4.78 is 0. The molecule has 16 heavy (non-hydrogen) atoms. The lowest BCUT2D eigenvalue weighted by Gasteiger charge is -2.34. The zero-order chi connectivity index (χ0) is 11.3. The molecule has 1 aromatic rings. The van der Waals surface area contributed by atoms with Gasteiger partial charge in [0.05, 0.1) is 0 Å². The normalized spacial score (nSPS) is 22.9. The van der Waals surface area contributed by atoms with Gasteiger partial charge in [-0.05, 0) is 54.4 Å². The van der Waals surface area contributed by atoms with Gasteiger partial charge in [-0.3, -0.25) is 0 Å². The first kappa shape index (κ1) is 10.7. The average molecular weight is 232 g/mol. The predicted molar refractivity (Wildman–Crippen MR) is 71.5 cm³/mol. The van der Waals surface area contributed by atoms with Gasteiger partial charge in [0.25, 0.3) is 0 Å². The maximum Gasteiger partial charge on any atom is 0.0144 e. The van der Waals surface area contributed by atoms with Crippen molar-refractivity contribution in [2.24, 2.45) is 0 Å². The van der Waals surface area contributed by atoms with Crippen molar-refractivity contribution in [2.45, 2.75) is 56.3 Å². The Labute approximate surface area is 103 Å². The van der Waals surface area contributed by atoms with E-state index in [0.717, 1.165) is 5.92 Å². The van der Waals surface area contributed by atoms with Crippen LogP contribution in [0.5, 0.6) is 0 Å². The van der Waals surface area contributed by atoms with E-state index in [2.05, 4.69) is 44.7 Å². The second-order valence-corrected chi connectivity index (χ2v) is 7.09. The molecule has 1 aromatic carbocycles.